The molecule has 1 amide bonds. The Morgan fingerprint density at radius 1 is 1.16 bits per heavy atom. The summed E-state index contributed by atoms with van der Waals surface area (Å²) in [6.07, 6.45) is 3.38. The number of anilines is 1. The molecular weight excluding hydrogens is 514 g/mol. The number of ether oxygens (including phenoxy) is 1. The van der Waals surface area contributed by atoms with E-state index in [1.807, 2.05) is 19.1 Å². The molecule has 37 heavy (non-hydrogen) atoms. The maximum absolute atomic E-state index is 13.3. The number of carbonyl (C=O) groups is 2. The van der Waals surface area contributed by atoms with Crippen LogP contribution in [0.2, 0.25) is 5.02 Å². The van der Waals surface area contributed by atoms with E-state index in [0.29, 0.717) is 44.8 Å². The second-order valence-corrected chi connectivity index (χ2v) is 10.0. The number of aromatic nitrogens is 4. The number of halogens is 1. The molecule has 0 radical (unpaired) electrons. The van der Waals surface area contributed by atoms with Gasteiger partial charge in [0.15, 0.2) is 10.8 Å². The summed E-state index contributed by atoms with van der Waals surface area (Å²) < 4.78 is 8.39. The minimum absolute atomic E-state index is 0.110. The first-order valence-electron chi connectivity index (χ1n) is 11.9. The number of fused-ring (bicyclic) bond motifs is 2. The van der Waals surface area contributed by atoms with Gasteiger partial charge in [0.2, 0.25) is 5.91 Å². The molecule has 1 aliphatic heterocycles. The standard InChI is InChI=1S/C26H24ClN5O4S/c1-2-3-12-36-25(35)16-4-8-18(9-5-16)29-22(33)13-20-15-37-26-30-23-21(24(34)31(20)26)14-28-32(23)19-10-6-17(27)7-11-19/h4-11,14,20H,2-3,12-13,15H2,1H3,(H,29,33). The highest BCUT2D eigenvalue weighted by Crippen LogP contribution is 2.33. The van der Waals surface area contributed by atoms with E-state index >= 15 is 0 Å². The monoisotopic (exact) mass is 537 g/mol. The number of amides is 1. The number of rotatable bonds is 8. The number of esters is 1. The molecule has 0 fully saturated rings. The fourth-order valence-corrected chi connectivity index (χ4v) is 5.32. The van der Waals surface area contributed by atoms with E-state index in [1.165, 1.54) is 18.0 Å². The van der Waals surface area contributed by atoms with Gasteiger partial charge < -0.3 is 10.1 Å². The minimum Gasteiger partial charge on any atom is -0.462 e. The predicted octanol–water partition coefficient (Wildman–Crippen LogP) is 4.87. The van der Waals surface area contributed by atoms with Crippen LogP contribution in [0, 0.1) is 0 Å². The Hall–Kier alpha value is -3.63. The Bertz CT molecular complexity index is 1520. The second kappa shape index (κ2) is 10.8. The zero-order valence-corrected chi connectivity index (χ0v) is 21.6. The highest BCUT2D eigenvalue weighted by molar-refractivity contribution is 7.99. The molecule has 190 valence electrons. The van der Waals surface area contributed by atoms with Crippen LogP contribution in [0.4, 0.5) is 5.69 Å². The molecule has 2 aromatic carbocycles. The van der Waals surface area contributed by atoms with Crippen LogP contribution < -0.4 is 10.9 Å². The summed E-state index contributed by atoms with van der Waals surface area (Å²) in [5.41, 5.74) is 1.97. The van der Waals surface area contributed by atoms with Crippen molar-refractivity contribution in [3.8, 4) is 5.69 Å². The lowest BCUT2D eigenvalue weighted by atomic mass is 10.2. The molecule has 3 heterocycles. The van der Waals surface area contributed by atoms with Crippen molar-refractivity contribution >= 4 is 52.0 Å². The van der Waals surface area contributed by atoms with Crippen molar-refractivity contribution in [3.63, 3.8) is 0 Å². The lowest BCUT2D eigenvalue weighted by Gasteiger charge is -2.14. The molecular formula is C26H24ClN5O4S. The van der Waals surface area contributed by atoms with Crippen molar-refractivity contribution in [2.24, 2.45) is 0 Å². The molecule has 0 saturated heterocycles. The Kier molecular flexibility index (Phi) is 7.29. The molecule has 5 rings (SSSR count). The molecule has 2 aromatic heterocycles. The van der Waals surface area contributed by atoms with Crippen LogP contribution in [0.15, 0.2) is 64.7 Å². The summed E-state index contributed by atoms with van der Waals surface area (Å²) in [7, 11) is 0. The van der Waals surface area contributed by atoms with Crippen molar-refractivity contribution in [1.29, 1.82) is 0 Å². The third kappa shape index (κ3) is 5.26. The fourth-order valence-electron chi connectivity index (χ4n) is 4.06. The predicted molar refractivity (Wildman–Crippen MR) is 143 cm³/mol. The van der Waals surface area contributed by atoms with Gasteiger partial charge in [0.1, 0.15) is 5.39 Å². The van der Waals surface area contributed by atoms with Crippen LogP contribution in [0.25, 0.3) is 16.7 Å². The average Bonchev–Trinajstić information content (AvgIpc) is 3.50. The lowest BCUT2D eigenvalue weighted by molar-refractivity contribution is -0.116. The quantitative estimate of drug-likeness (QED) is 0.194. The van der Waals surface area contributed by atoms with E-state index in [9.17, 15) is 14.4 Å². The summed E-state index contributed by atoms with van der Waals surface area (Å²) in [6.45, 7) is 2.41. The SMILES string of the molecule is CCCCOC(=O)c1ccc(NC(=O)CC2CSc3nc4c(cnn4-c4ccc(Cl)cc4)c(=O)n32)cc1. The first kappa shape index (κ1) is 25.0. The summed E-state index contributed by atoms with van der Waals surface area (Å²) in [6, 6.07) is 13.3. The zero-order valence-electron chi connectivity index (χ0n) is 20.0. The summed E-state index contributed by atoms with van der Waals surface area (Å²) in [5, 5.41) is 8.73. The topological polar surface area (TPSA) is 108 Å². The van der Waals surface area contributed by atoms with Crippen LogP contribution in [-0.4, -0.2) is 43.6 Å². The molecule has 1 unspecified atom stereocenters. The molecule has 0 saturated carbocycles. The smallest absolute Gasteiger partial charge is 0.338 e. The number of nitrogens with one attached hydrogen (secondary N) is 1. The molecule has 4 aromatic rings. The number of hydrogen-bond donors (Lipinski definition) is 1. The Morgan fingerprint density at radius 2 is 1.92 bits per heavy atom. The van der Waals surface area contributed by atoms with Crippen LogP contribution in [0.5, 0.6) is 0 Å². The fraction of sp³-hybridized carbons (Fsp3) is 0.269. The van der Waals surface area contributed by atoms with E-state index < -0.39 is 0 Å². The maximum Gasteiger partial charge on any atom is 0.338 e. The normalized spacial score (nSPS) is 14.5. The average molecular weight is 538 g/mol. The van der Waals surface area contributed by atoms with E-state index in [1.54, 1.807) is 45.6 Å². The highest BCUT2D eigenvalue weighted by atomic mass is 35.5. The van der Waals surface area contributed by atoms with Crippen LogP contribution in [0.1, 0.15) is 42.6 Å². The van der Waals surface area contributed by atoms with Gasteiger partial charge in [0.25, 0.3) is 5.56 Å². The largest absolute Gasteiger partial charge is 0.462 e. The van der Waals surface area contributed by atoms with Gasteiger partial charge in [0, 0.05) is 22.9 Å². The van der Waals surface area contributed by atoms with Gasteiger partial charge in [-0.05, 0) is 55.0 Å². The van der Waals surface area contributed by atoms with Gasteiger partial charge in [-0.1, -0.05) is 36.7 Å². The van der Waals surface area contributed by atoms with E-state index in [2.05, 4.69) is 15.4 Å². The van der Waals surface area contributed by atoms with Gasteiger partial charge in [-0.15, -0.1) is 0 Å². The van der Waals surface area contributed by atoms with Gasteiger partial charge in [-0.3, -0.25) is 14.2 Å². The van der Waals surface area contributed by atoms with Crippen molar-refractivity contribution in [3.05, 3.63) is 75.7 Å². The molecule has 0 spiro atoms. The van der Waals surface area contributed by atoms with Gasteiger partial charge >= 0.3 is 5.97 Å². The Labute approximate surface area is 221 Å². The van der Waals surface area contributed by atoms with E-state index in [0.717, 1.165) is 18.5 Å². The van der Waals surface area contributed by atoms with Crippen molar-refractivity contribution in [2.75, 3.05) is 17.7 Å². The van der Waals surface area contributed by atoms with Crippen LogP contribution in [-0.2, 0) is 9.53 Å². The Morgan fingerprint density at radius 3 is 2.65 bits per heavy atom. The highest BCUT2D eigenvalue weighted by Gasteiger charge is 2.29. The molecule has 1 aliphatic rings. The summed E-state index contributed by atoms with van der Waals surface area (Å²) in [4.78, 5) is 42.9. The first-order chi connectivity index (χ1) is 17.9. The van der Waals surface area contributed by atoms with E-state index in [4.69, 9.17) is 16.3 Å². The molecule has 1 atom stereocenters. The number of hydrogen-bond acceptors (Lipinski definition) is 7. The van der Waals surface area contributed by atoms with Crippen molar-refractivity contribution in [1.82, 2.24) is 19.3 Å². The number of thioether (sulfide) groups is 1. The molecule has 9 nitrogen and oxygen atoms in total. The number of nitrogens with zero attached hydrogens (tertiary/aromatic N) is 4. The summed E-state index contributed by atoms with van der Waals surface area (Å²) >= 11 is 7.42. The zero-order chi connectivity index (χ0) is 25.9. The van der Waals surface area contributed by atoms with Gasteiger partial charge in [0.05, 0.1) is 30.1 Å². The molecule has 1 N–H and O–H groups in total. The third-order valence-corrected chi connectivity index (χ3v) is 7.35. The van der Waals surface area contributed by atoms with Crippen molar-refractivity contribution in [2.45, 2.75) is 37.4 Å². The first-order valence-corrected chi connectivity index (χ1v) is 13.3. The number of benzene rings is 2. The van der Waals surface area contributed by atoms with Crippen molar-refractivity contribution < 1.29 is 14.3 Å². The second-order valence-electron chi connectivity index (χ2n) is 8.62. The van der Waals surface area contributed by atoms with Gasteiger partial charge in [-0.2, -0.15) is 5.10 Å². The minimum atomic E-state index is -0.386. The lowest BCUT2D eigenvalue weighted by Crippen LogP contribution is -2.27. The maximum atomic E-state index is 13.3. The Balaban J connectivity index is 1.29. The van der Waals surface area contributed by atoms with Crippen LogP contribution >= 0.6 is 23.4 Å². The van der Waals surface area contributed by atoms with Gasteiger partial charge in [-0.25, -0.2) is 14.5 Å². The number of carbonyl (C=O) groups excluding carboxylic acids is 2. The third-order valence-electron chi connectivity index (χ3n) is 6.00. The summed E-state index contributed by atoms with van der Waals surface area (Å²) in [5.74, 6) is -0.0665. The molecule has 0 bridgehead atoms. The molecule has 11 heteroatoms. The van der Waals surface area contributed by atoms with E-state index in [-0.39, 0.29) is 29.9 Å². The molecule has 0 aliphatic carbocycles. The van der Waals surface area contributed by atoms with Crippen LogP contribution in [0.3, 0.4) is 0 Å². The number of unbranched alkanes of at least 4 members (excludes halogenated alkanes) is 1.